The van der Waals surface area contributed by atoms with Crippen molar-refractivity contribution in [3.63, 3.8) is 0 Å². The van der Waals surface area contributed by atoms with Crippen molar-refractivity contribution in [1.82, 2.24) is 4.57 Å². The van der Waals surface area contributed by atoms with Gasteiger partial charge in [0.2, 0.25) is 0 Å². The van der Waals surface area contributed by atoms with Gasteiger partial charge in [0.1, 0.15) is 0 Å². The van der Waals surface area contributed by atoms with Gasteiger partial charge >= 0.3 is 5.97 Å². The molecule has 5 nitrogen and oxygen atoms in total. The third kappa shape index (κ3) is 3.11. The third-order valence-electron chi connectivity index (χ3n) is 4.12. The van der Waals surface area contributed by atoms with E-state index in [0.717, 1.165) is 17.4 Å². The summed E-state index contributed by atoms with van der Waals surface area (Å²) >= 11 is 0. The molecular weight excluding hydrogens is 314 g/mol. The quantitative estimate of drug-likeness (QED) is 0.518. The Kier molecular flexibility index (Phi) is 4.80. The molecule has 25 heavy (non-hydrogen) atoms. The van der Waals surface area contributed by atoms with Gasteiger partial charge in [0.15, 0.2) is 5.92 Å². The Morgan fingerprint density at radius 1 is 1.24 bits per heavy atom. The Morgan fingerprint density at radius 2 is 2.00 bits per heavy atom. The van der Waals surface area contributed by atoms with Crippen LogP contribution in [0.25, 0.3) is 21.8 Å². The van der Waals surface area contributed by atoms with Crippen LogP contribution in [-0.4, -0.2) is 23.4 Å². The van der Waals surface area contributed by atoms with Gasteiger partial charge in [0.05, 0.1) is 18.4 Å². The molecule has 3 rings (SSSR count). The van der Waals surface area contributed by atoms with Gasteiger partial charge in [-0.15, -0.1) is 0 Å². The van der Waals surface area contributed by atoms with Crippen molar-refractivity contribution in [2.24, 2.45) is 10.9 Å². The number of aromatic nitrogens is 1. The van der Waals surface area contributed by atoms with E-state index in [0.29, 0.717) is 5.69 Å². The van der Waals surface area contributed by atoms with Gasteiger partial charge in [-0.05, 0) is 38.1 Å². The minimum absolute atomic E-state index is 0.243. The molecule has 0 fully saturated rings. The van der Waals surface area contributed by atoms with Crippen molar-refractivity contribution in [2.45, 2.75) is 20.4 Å². The van der Waals surface area contributed by atoms with Crippen LogP contribution in [0.2, 0.25) is 0 Å². The summed E-state index contributed by atoms with van der Waals surface area (Å²) in [6, 6.07) is 16.1. The fourth-order valence-electron chi connectivity index (χ4n) is 3.00. The lowest BCUT2D eigenvalue weighted by Gasteiger charge is -2.04. The first-order valence-corrected chi connectivity index (χ1v) is 8.31. The zero-order chi connectivity index (χ0) is 17.8. The fraction of sp³-hybridized carbons (Fsp3) is 0.250. The molecule has 1 heterocycles. The minimum atomic E-state index is -0.993. The van der Waals surface area contributed by atoms with Crippen LogP contribution in [0.15, 0.2) is 47.5 Å². The third-order valence-corrected chi connectivity index (χ3v) is 4.12. The molecule has 0 aliphatic rings. The summed E-state index contributed by atoms with van der Waals surface area (Å²) in [5.74, 6) is -1.56. The Morgan fingerprint density at radius 3 is 2.72 bits per heavy atom. The summed E-state index contributed by atoms with van der Waals surface area (Å²) in [7, 11) is 0. The van der Waals surface area contributed by atoms with Crippen LogP contribution < -0.4 is 0 Å². The average molecular weight is 333 g/mol. The van der Waals surface area contributed by atoms with Gasteiger partial charge < -0.3 is 9.30 Å². The number of hydrogen-bond donors (Lipinski definition) is 0. The molecule has 0 aliphatic heterocycles. The number of carbonyl (C=O) groups is 1. The molecule has 0 spiro atoms. The smallest absolute Gasteiger partial charge is 0.328 e. The minimum Gasteiger partial charge on any atom is -0.465 e. The summed E-state index contributed by atoms with van der Waals surface area (Å²) in [5.41, 5.74) is 3.03. The first kappa shape index (κ1) is 16.7. The van der Waals surface area contributed by atoms with Crippen LogP contribution in [0.3, 0.4) is 0 Å². The number of nitriles is 1. The van der Waals surface area contributed by atoms with Crippen molar-refractivity contribution in [1.29, 1.82) is 5.26 Å². The van der Waals surface area contributed by atoms with Gasteiger partial charge in [-0.3, -0.25) is 9.79 Å². The lowest BCUT2D eigenvalue weighted by atomic mass is 10.1. The molecule has 0 radical (unpaired) electrons. The van der Waals surface area contributed by atoms with Crippen molar-refractivity contribution in [3.8, 4) is 6.07 Å². The molecule has 2 aromatic carbocycles. The number of carbonyl (C=O) groups excluding carboxylic acids is 1. The number of aliphatic imine (C=N–C) groups is 1. The molecule has 126 valence electrons. The molecular formula is C20H19N3O2. The van der Waals surface area contributed by atoms with E-state index in [1.54, 1.807) is 6.92 Å². The topological polar surface area (TPSA) is 67.4 Å². The highest BCUT2D eigenvalue weighted by Gasteiger charge is 2.16. The first-order chi connectivity index (χ1) is 12.2. The molecule has 1 aromatic heterocycles. The van der Waals surface area contributed by atoms with Crippen molar-refractivity contribution in [2.75, 3.05) is 6.61 Å². The summed E-state index contributed by atoms with van der Waals surface area (Å²) in [5, 5.41) is 11.4. The van der Waals surface area contributed by atoms with Gasteiger partial charge in [-0.2, -0.15) is 5.26 Å². The van der Waals surface area contributed by atoms with Crippen LogP contribution in [0.5, 0.6) is 0 Å². The summed E-state index contributed by atoms with van der Waals surface area (Å²) in [6.07, 6.45) is 1.35. The molecule has 0 saturated carbocycles. The second-order valence-electron chi connectivity index (χ2n) is 5.60. The number of esters is 1. The van der Waals surface area contributed by atoms with E-state index in [-0.39, 0.29) is 6.61 Å². The predicted molar refractivity (Wildman–Crippen MR) is 99.0 cm³/mol. The predicted octanol–water partition coefficient (Wildman–Crippen LogP) is 4.22. The van der Waals surface area contributed by atoms with Gasteiger partial charge in [0.25, 0.3) is 0 Å². The Bertz CT molecular complexity index is 995. The molecule has 0 bridgehead atoms. The van der Waals surface area contributed by atoms with Crippen LogP contribution in [-0.2, 0) is 16.1 Å². The molecule has 1 unspecified atom stereocenters. The van der Waals surface area contributed by atoms with E-state index in [1.165, 1.54) is 17.1 Å². The fourth-order valence-corrected chi connectivity index (χ4v) is 3.00. The maximum atomic E-state index is 11.7. The highest BCUT2D eigenvalue weighted by Crippen LogP contribution is 2.31. The number of fused-ring (bicyclic) bond motifs is 3. The molecule has 0 amide bonds. The largest absolute Gasteiger partial charge is 0.465 e. The van der Waals surface area contributed by atoms with E-state index >= 15 is 0 Å². The van der Waals surface area contributed by atoms with Crippen molar-refractivity contribution in [3.05, 3.63) is 42.5 Å². The van der Waals surface area contributed by atoms with Gasteiger partial charge in [-0.25, -0.2) is 0 Å². The standard InChI is InChI=1S/C20H19N3O2/c1-3-23-18-8-6-5-7-16(18)17-11-15(9-10-19(17)23)22-13-14(12-21)20(24)25-4-2/h5-11,13-14H,3-4H2,1-2H3. The number of hydrogen-bond acceptors (Lipinski definition) is 4. The van der Waals surface area contributed by atoms with Crippen molar-refractivity contribution < 1.29 is 9.53 Å². The zero-order valence-corrected chi connectivity index (χ0v) is 14.3. The van der Waals surface area contributed by atoms with Crippen LogP contribution in [0.1, 0.15) is 13.8 Å². The maximum absolute atomic E-state index is 11.7. The molecule has 0 N–H and O–H groups in total. The number of nitrogens with zero attached hydrogens (tertiary/aromatic N) is 3. The maximum Gasteiger partial charge on any atom is 0.328 e. The number of benzene rings is 2. The Hall–Kier alpha value is -3.13. The summed E-state index contributed by atoms with van der Waals surface area (Å²) in [6.45, 7) is 4.95. The molecule has 0 saturated heterocycles. The summed E-state index contributed by atoms with van der Waals surface area (Å²) in [4.78, 5) is 16.0. The van der Waals surface area contributed by atoms with Gasteiger partial charge in [-0.1, -0.05) is 18.2 Å². The van der Waals surface area contributed by atoms with Crippen molar-refractivity contribution >= 4 is 39.7 Å². The van der Waals surface area contributed by atoms with Gasteiger partial charge in [0, 0.05) is 34.6 Å². The van der Waals surface area contributed by atoms with E-state index in [1.807, 2.05) is 36.4 Å². The van der Waals surface area contributed by atoms with E-state index in [9.17, 15) is 4.79 Å². The van der Waals surface area contributed by atoms with Crippen LogP contribution >= 0.6 is 0 Å². The Labute approximate surface area is 146 Å². The summed E-state index contributed by atoms with van der Waals surface area (Å²) < 4.78 is 7.13. The van der Waals surface area contributed by atoms with E-state index in [2.05, 4.69) is 28.6 Å². The molecule has 0 aliphatic carbocycles. The lowest BCUT2D eigenvalue weighted by Crippen LogP contribution is -2.17. The van der Waals surface area contributed by atoms with E-state index < -0.39 is 11.9 Å². The molecule has 1 atom stereocenters. The Balaban J connectivity index is 2.02. The number of para-hydroxylation sites is 1. The number of ether oxygens (including phenoxy) is 1. The lowest BCUT2D eigenvalue weighted by molar-refractivity contribution is -0.143. The number of aryl methyl sites for hydroxylation is 1. The monoisotopic (exact) mass is 333 g/mol. The zero-order valence-electron chi connectivity index (χ0n) is 14.3. The van der Waals surface area contributed by atoms with Crippen LogP contribution in [0.4, 0.5) is 5.69 Å². The van der Waals surface area contributed by atoms with Crippen LogP contribution in [0, 0.1) is 17.2 Å². The molecule has 5 heteroatoms. The first-order valence-electron chi connectivity index (χ1n) is 8.31. The SMILES string of the molecule is CCOC(=O)C(C#N)C=Nc1ccc2c(c1)c1ccccc1n2CC. The number of rotatable bonds is 5. The second-order valence-corrected chi connectivity index (χ2v) is 5.60. The average Bonchev–Trinajstić information content (AvgIpc) is 2.95. The highest BCUT2D eigenvalue weighted by molar-refractivity contribution is 6.09. The highest BCUT2D eigenvalue weighted by atomic mass is 16.5. The second kappa shape index (κ2) is 7.18. The van der Waals surface area contributed by atoms with E-state index in [4.69, 9.17) is 10.00 Å². The molecule has 3 aromatic rings. The normalized spacial score (nSPS) is 12.5.